The molecule has 5 heterocycles. The number of aliphatic hydroxyl groups excluding tert-OH is 3. The Kier molecular flexibility index (Phi) is 23.8. The number of carboxylic acids is 1. The molecule has 0 bridgehead atoms. The van der Waals surface area contributed by atoms with Gasteiger partial charge in [0.1, 0.15) is 30.7 Å². The highest BCUT2D eigenvalue weighted by Gasteiger charge is 2.49. The van der Waals surface area contributed by atoms with Crippen molar-refractivity contribution in [2.45, 2.75) is 135 Å². The Balaban J connectivity index is 0.986. The summed E-state index contributed by atoms with van der Waals surface area (Å²) in [5.41, 5.74) is 7.23. The first-order chi connectivity index (χ1) is 41.1. The number of pyridine rings is 2. The number of ketones is 1. The van der Waals surface area contributed by atoms with E-state index in [1.807, 2.05) is 43.0 Å². The number of esters is 1. The summed E-state index contributed by atoms with van der Waals surface area (Å²) in [7, 11) is 0. The Morgan fingerprint density at radius 2 is 1.53 bits per heavy atom. The molecule has 0 saturated carbocycles. The molecular weight excluding hydrogens is 1120 g/mol. The Hall–Kier alpha value is -6.82. The van der Waals surface area contributed by atoms with Gasteiger partial charge in [-0.15, -0.1) is 0 Å². The Bertz CT molecular complexity index is 3120. The average Bonchev–Trinajstić information content (AvgIpc) is 1.52. The third-order valence-electron chi connectivity index (χ3n) is 15.4. The van der Waals surface area contributed by atoms with Crippen LogP contribution in [-0.4, -0.2) is 191 Å². The summed E-state index contributed by atoms with van der Waals surface area (Å²) in [4.78, 5) is 100. The number of ether oxygens (including phenoxy) is 7. The van der Waals surface area contributed by atoms with E-state index in [-0.39, 0.29) is 111 Å². The molecule has 2 aromatic carbocycles. The van der Waals surface area contributed by atoms with Gasteiger partial charge in [0.2, 0.25) is 24.0 Å². The van der Waals surface area contributed by atoms with Crippen LogP contribution in [0, 0.1) is 11.8 Å². The number of nitrogens with two attached hydrogens (primary N) is 1. The molecule has 86 heavy (non-hydrogen) atoms. The normalized spacial score (nSPS) is 20.5. The molecule has 1 fully saturated rings. The number of aliphatic hydroxyl groups is 4. The van der Waals surface area contributed by atoms with Gasteiger partial charge in [0.25, 0.3) is 5.56 Å². The second-order valence-electron chi connectivity index (χ2n) is 22.2. The predicted octanol–water partition coefficient (Wildman–Crippen LogP) is 1.01. The molecule has 3 aliphatic rings. The summed E-state index contributed by atoms with van der Waals surface area (Å²) in [6.07, 6.45) is -9.78. The van der Waals surface area contributed by atoms with Gasteiger partial charge in [-0.1, -0.05) is 52.0 Å². The van der Waals surface area contributed by atoms with Crippen molar-refractivity contribution in [2.24, 2.45) is 17.6 Å². The lowest BCUT2D eigenvalue weighted by atomic mass is 9.86. The first-order valence-corrected chi connectivity index (χ1v) is 29.0. The Labute approximate surface area is 497 Å². The van der Waals surface area contributed by atoms with E-state index in [0.717, 1.165) is 16.5 Å². The standard InChI is InChI=1S/C60H81N7O19/c1-7-60(79)41-28-44-50-39(30-67(44)56(75)40(41)32-84-59(60)78)37(38-10-8-9-11-42(38)63-50)14-17-66(34(4)5)31-48(70)62-29-36-12-13-43(46(27-36)85-58-53(73)51(71)52(72)54(86-58)57(76)77)64-55(74)35(6)26-45(68)49(33(2)3)65-47(69)15-18-80-20-22-82-24-25-83-23-21-81-19-16-61/h8-13,27-28,33-35,49,51-54,58,71-73,79H,7,14-26,29-32,61H2,1-6H3,(H,62,70)(H,64,74)(H,65,69)(H,76,77)/t35-,49+,51+,52+,53-,54+,58-,60+/m1/s1. The fourth-order valence-corrected chi connectivity index (χ4v) is 10.4. The molecule has 8 atom stereocenters. The molecule has 1 saturated heterocycles. The fourth-order valence-electron chi connectivity index (χ4n) is 10.4. The van der Waals surface area contributed by atoms with Crippen molar-refractivity contribution in [1.82, 2.24) is 25.1 Å². The number of anilines is 1. The number of carbonyl (C=O) groups excluding carboxylic acids is 5. The molecule has 2 aromatic heterocycles. The van der Waals surface area contributed by atoms with E-state index in [4.69, 9.17) is 43.9 Å². The number of rotatable bonds is 33. The molecule has 0 spiro atoms. The van der Waals surface area contributed by atoms with Crippen LogP contribution in [0.4, 0.5) is 5.69 Å². The average molecular weight is 1200 g/mol. The van der Waals surface area contributed by atoms with Crippen LogP contribution >= 0.6 is 0 Å². The molecule has 470 valence electrons. The van der Waals surface area contributed by atoms with Crippen LogP contribution in [0.1, 0.15) is 88.6 Å². The van der Waals surface area contributed by atoms with Crippen molar-refractivity contribution in [3.63, 3.8) is 0 Å². The van der Waals surface area contributed by atoms with Crippen LogP contribution in [-0.2, 0) is 88.9 Å². The highest BCUT2D eigenvalue weighted by atomic mass is 16.7. The van der Waals surface area contributed by atoms with Crippen molar-refractivity contribution >= 4 is 52.0 Å². The van der Waals surface area contributed by atoms with E-state index in [1.54, 1.807) is 37.5 Å². The van der Waals surface area contributed by atoms with E-state index in [1.165, 1.54) is 19.1 Å². The van der Waals surface area contributed by atoms with Crippen LogP contribution in [0.3, 0.4) is 0 Å². The molecular formula is C60H81N7O19. The molecule has 0 aliphatic carbocycles. The highest BCUT2D eigenvalue weighted by Crippen LogP contribution is 2.41. The number of benzene rings is 2. The van der Waals surface area contributed by atoms with Crippen LogP contribution in [0.5, 0.6) is 5.75 Å². The summed E-state index contributed by atoms with van der Waals surface area (Å²) in [5, 5.41) is 62.3. The molecule has 26 nitrogen and oxygen atoms in total. The Morgan fingerprint density at radius 1 is 0.860 bits per heavy atom. The first-order valence-electron chi connectivity index (χ1n) is 29.0. The maximum Gasteiger partial charge on any atom is 0.343 e. The SMILES string of the molecule is CC[C@@]1(O)C(=O)OCc2c1cc1n(c2=O)Cc2c-1nc1ccccc1c2CCN(CC(=O)NCc1ccc(NC(=O)[C@H](C)CC(=O)[C@@H](NC(=O)CCOCCOCCOCCOCCN)C(C)C)c(O[C@@H]2O[C@H](C(=O)O)[C@@H](O)[C@H](O)[C@H]2O)c1)C(C)C. The van der Waals surface area contributed by atoms with E-state index in [2.05, 4.69) is 16.0 Å². The minimum atomic E-state index is -2.02. The van der Waals surface area contributed by atoms with Gasteiger partial charge >= 0.3 is 11.9 Å². The van der Waals surface area contributed by atoms with Gasteiger partial charge in [0, 0.05) is 60.9 Å². The van der Waals surface area contributed by atoms with Crippen molar-refractivity contribution in [2.75, 3.05) is 77.8 Å². The number of nitrogens with zero attached hydrogens (tertiary/aromatic N) is 3. The number of Topliss-reactive ketones (excluding diaryl/α,β-unsaturated/α-hetero) is 1. The molecule has 4 aromatic rings. The first kappa shape index (κ1) is 66.7. The predicted molar refractivity (Wildman–Crippen MR) is 309 cm³/mol. The monoisotopic (exact) mass is 1200 g/mol. The van der Waals surface area contributed by atoms with Gasteiger partial charge in [-0.25, -0.2) is 14.6 Å². The van der Waals surface area contributed by atoms with Crippen molar-refractivity contribution in [1.29, 1.82) is 0 Å². The molecule has 7 rings (SSSR count). The van der Waals surface area contributed by atoms with E-state index >= 15 is 0 Å². The lowest BCUT2D eigenvalue weighted by Crippen LogP contribution is -2.61. The topological polar surface area (TPSA) is 368 Å². The second-order valence-corrected chi connectivity index (χ2v) is 22.2. The van der Waals surface area contributed by atoms with Gasteiger partial charge in [0.15, 0.2) is 17.5 Å². The van der Waals surface area contributed by atoms with Gasteiger partial charge in [0.05, 0.1) is 100 Å². The third-order valence-corrected chi connectivity index (χ3v) is 15.4. The maximum atomic E-state index is 14.0. The minimum absolute atomic E-state index is 0.000743. The fraction of sp³-hybridized carbons (Fsp3) is 0.567. The number of cyclic esters (lactones) is 1. The minimum Gasteiger partial charge on any atom is -0.479 e. The lowest BCUT2D eigenvalue weighted by Gasteiger charge is -2.38. The molecule has 26 heteroatoms. The van der Waals surface area contributed by atoms with Gasteiger partial charge < -0.3 is 84.9 Å². The number of hydrogen-bond acceptors (Lipinski definition) is 21. The summed E-state index contributed by atoms with van der Waals surface area (Å²) in [5.74, 6) is -5.85. The number of fused-ring (bicyclic) bond motifs is 5. The number of nitrogens with one attached hydrogen (secondary N) is 3. The molecule has 3 amide bonds. The van der Waals surface area contributed by atoms with Crippen molar-refractivity contribution in [3.05, 3.63) is 86.7 Å². The van der Waals surface area contributed by atoms with Crippen molar-refractivity contribution in [3.8, 4) is 17.1 Å². The van der Waals surface area contributed by atoms with E-state index in [9.17, 15) is 59.1 Å². The quantitative estimate of drug-likeness (QED) is 0.0209. The number of carbonyl (C=O) groups is 6. The summed E-state index contributed by atoms with van der Waals surface area (Å²) >= 11 is 0. The van der Waals surface area contributed by atoms with E-state index < -0.39 is 77.8 Å². The zero-order valence-electron chi connectivity index (χ0n) is 49.4. The number of aromatic nitrogens is 2. The van der Waals surface area contributed by atoms with Crippen LogP contribution < -0.4 is 32.0 Å². The molecule has 0 radical (unpaired) electrons. The smallest absolute Gasteiger partial charge is 0.343 e. The van der Waals surface area contributed by atoms with Gasteiger partial charge in [-0.05, 0) is 68.0 Å². The van der Waals surface area contributed by atoms with Gasteiger partial charge in [-0.3, -0.25) is 28.9 Å². The summed E-state index contributed by atoms with van der Waals surface area (Å²) in [6.45, 7) is 13.8. The summed E-state index contributed by atoms with van der Waals surface area (Å²) < 4.78 is 39.8. The largest absolute Gasteiger partial charge is 0.479 e. The number of hydrogen-bond donors (Lipinski definition) is 9. The number of para-hydroxylation sites is 1. The highest BCUT2D eigenvalue weighted by molar-refractivity contribution is 5.98. The van der Waals surface area contributed by atoms with Crippen LogP contribution in [0.2, 0.25) is 0 Å². The maximum absolute atomic E-state index is 14.0. The summed E-state index contributed by atoms with van der Waals surface area (Å²) in [6, 6.07) is 12.6. The second kappa shape index (κ2) is 30.7. The van der Waals surface area contributed by atoms with Crippen LogP contribution in [0.25, 0.3) is 22.3 Å². The molecule has 10 N–H and O–H groups in total. The van der Waals surface area contributed by atoms with Crippen molar-refractivity contribution < 1.29 is 87.5 Å². The third kappa shape index (κ3) is 16.2. The molecule has 0 unspecified atom stereocenters. The number of carboxylic acid groups (broad SMARTS) is 1. The number of aliphatic carboxylic acids is 1. The zero-order chi connectivity index (χ0) is 62.4. The van der Waals surface area contributed by atoms with Gasteiger partial charge in [-0.2, -0.15) is 0 Å². The van der Waals surface area contributed by atoms with Crippen LogP contribution in [0.15, 0.2) is 53.3 Å². The zero-order valence-corrected chi connectivity index (χ0v) is 49.4. The van der Waals surface area contributed by atoms with E-state index in [0.29, 0.717) is 75.0 Å². The Morgan fingerprint density at radius 3 is 2.19 bits per heavy atom. The lowest BCUT2D eigenvalue weighted by molar-refractivity contribution is -0.271. The molecule has 3 aliphatic heterocycles. The number of amides is 3.